The van der Waals surface area contributed by atoms with Crippen LogP contribution in [0.15, 0.2) is 49.2 Å². The Hall–Kier alpha value is -3.30. The van der Waals surface area contributed by atoms with Gasteiger partial charge in [0.2, 0.25) is 5.95 Å². The van der Waals surface area contributed by atoms with Crippen molar-refractivity contribution >= 4 is 28.2 Å². The van der Waals surface area contributed by atoms with Gasteiger partial charge in [-0.1, -0.05) is 24.8 Å². The van der Waals surface area contributed by atoms with Gasteiger partial charge in [-0.2, -0.15) is 0 Å². The van der Waals surface area contributed by atoms with Crippen LogP contribution >= 0.6 is 0 Å². The van der Waals surface area contributed by atoms with Gasteiger partial charge in [0, 0.05) is 43.1 Å². The molecule has 5 N–H and O–H groups in total. The second kappa shape index (κ2) is 9.75. The van der Waals surface area contributed by atoms with Crippen LogP contribution in [0.5, 0.6) is 0 Å². The van der Waals surface area contributed by atoms with Crippen LogP contribution < -0.4 is 21.7 Å². The van der Waals surface area contributed by atoms with Crippen molar-refractivity contribution in [2.24, 2.45) is 0 Å². The number of benzene rings is 2. The molecule has 0 aliphatic carbocycles. The predicted molar refractivity (Wildman–Crippen MR) is 134 cm³/mol. The van der Waals surface area contributed by atoms with Crippen LogP contribution in [0.2, 0.25) is 0 Å². The fourth-order valence-corrected chi connectivity index (χ4v) is 4.74. The van der Waals surface area contributed by atoms with Gasteiger partial charge in [-0.3, -0.25) is 0 Å². The van der Waals surface area contributed by atoms with Gasteiger partial charge in [0.25, 0.3) is 0 Å². The standard InChI is InChI=1S/C26H30F2N6O/c1-16(32-24(26(28)8-9-30-15-26)18-4-5-21(27)22(29)12-18)17-2-3-19-14-31-25(34-23(19)13-17)33-20-6-10-35-11-7-20/h2-5,12-14,20,24,30,32H,1,6-11,15,29H2,(H,31,33,34). The topological polar surface area (TPSA) is 97.1 Å². The number of nitrogens with zero attached hydrogens (tertiary/aromatic N) is 2. The summed E-state index contributed by atoms with van der Waals surface area (Å²) in [6.45, 7) is 6.38. The molecule has 5 rings (SSSR count). The van der Waals surface area contributed by atoms with Crippen LogP contribution in [0.4, 0.5) is 20.4 Å². The summed E-state index contributed by atoms with van der Waals surface area (Å²) in [5.41, 5.74) is 6.86. The summed E-state index contributed by atoms with van der Waals surface area (Å²) >= 11 is 0. The van der Waals surface area contributed by atoms with E-state index >= 15 is 4.39 Å². The average Bonchev–Trinajstić information content (AvgIpc) is 3.31. The van der Waals surface area contributed by atoms with E-state index in [0.29, 0.717) is 30.2 Å². The van der Waals surface area contributed by atoms with E-state index < -0.39 is 17.5 Å². The highest BCUT2D eigenvalue weighted by atomic mass is 19.1. The minimum absolute atomic E-state index is 0.0126. The van der Waals surface area contributed by atoms with Gasteiger partial charge in [-0.15, -0.1) is 0 Å². The minimum Gasteiger partial charge on any atom is -0.396 e. The summed E-state index contributed by atoms with van der Waals surface area (Å²) in [6.07, 6.45) is 3.94. The molecule has 9 heteroatoms. The summed E-state index contributed by atoms with van der Waals surface area (Å²) in [6, 6.07) is 9.59. The molecule has 3 heterocycles. The van der Waals surface area contributed by atoms with Gasteiger partial charge in [0.15, 0.2) is 0 Å². The summed E-state index contributed by atoms with van der Waals surface area (Å²) in [5.74, 6) is 0.0442. The molecule has 2 fully saturated rings. The van der Waals surface area contributed by atoms with E-state index in [-0.39, 0.29) is 18.3 Å². The van der Waals surface area contributed by atoms with Crippen molar-refractivity contribution in [2.75, 3.05) is 37.4 Å². The number of aromatic nitrogens is 2. The lowest BCUT2D eigenvalue weighted by molar-refractivity contribution is 0.0903. The van der Waals surface area contributed by atoms with Crippen molar-refractivity contribution < 1.29 is 13.5 Å². The number of ether oxygens (including phenoxy) is 1. The first kappa shape index (κ1) is 23.4. The van der Waals surface area contributed by atoms with E-state index in [4.69, 9.17) is 10.5 Å². The van der Waals surface area contributed by atoms with Crippen molar-refractivity contribution in [1.82, 2.24) is 20.6 Å². The number of halogens is 2. The largest absolute Gasteiger partial charge is 0.396 e. The molecule has 0 amide bonds. The third-order valence-corrected chi connectivity index (χ3v) is 6.81. The Balaban J connectivity index is 1.40. The van der Waals surface area contributed by atoms with Gasteiger partial charge < -0.3 is 26.4 Å². The smallest absolute Gasteiger partial charge is 0.223 e. The molecule has 1 aromatic heterocycles. The monoisotopic (exact) mass is 480 g/mol. The van der Waals surface area contributed by atoms with E-state index in [1.165, 1.54) is 12.1 Å². The molecule has 0 bridgehead atoms. The zero-order valence-electron chi connectivity index (χ0n) is 19.5. The number of nitrogens with two attached hydrogens (primary N) is 1. The van der Waals surface area contributed by atoms with Crippen molar-refractivity contribution in [1.29, 1.82) is 0 Å². The molecule has 0 spiro atoms. The van der Waals surface area contributed by atoms with Gasteiger partial charge in [0.05, 0.1) is 17.2 Å². The molecule has 2 saturated heterocycles. The summed E-state index contributed by atoms with van der Waals surface area (Å²) in [7, 11) is 0. The first-order valence-electron chi connectivity index (χ1n) is 11.9. The maximum absolute atomic E-state index is 16.0. The molecule has 2 aliphatic rings. The molecule has 2 aliphatic heterocycles. The Morgan fingerprint density at radius 2 is 2.06 bits per heavy atom. The summed E-state index contributed by atoms with van der Waals surface area (Å²) in [5, 5.41) is 10.6. The Bertz CT molecular complexity index is 1220. The SMILES string of the molecule is C=C(NC(c1ccc(F)c(N)c1)C1(F)CCNC1)c1ccc2cnc(NC3CCOCC3)nc2c1. The summed E-state index contributed by atoms with van der Waals surface area (Å²) < 4.78 is 35.2. The molecule has 0 saturated carbocycles. The number of hydrogen-bond donors (Lipinski definition) is 4. The fraction of sp³-hybridized carbons (Fsp3) is 0.385. The second-order valence-electron chi connectivity index (χ2n) is 9.30. The minimum atomic E-state index is -1.58. The zero-order chi connectivity index (χ0) is 24.4. The lowest BCUT2D eigenvalue weighted by Gasteiger charge is -2.32. The Labute approximate surface area is 203 Å². The molecule has 184 valence electrons. The first-order valence-corrected chi connectivity index (χ1v) is 11.9. The van der Waals surface area contributed by atoms with Crippen LogP contribution in [0, 0.1) is 5.82 Å². The highest BCUT2D eigenvalue weighted by molar-refractivity contribution is 5.83. The van der Waals surface area contributed by atoms with E-state index in [0.717, 1.165) is 42.5 Å². The number of anilines is 2. The number of nitrogens with one attached hydrogen (secondary N) is 3. The molecule has 7 nitrogen and oxygen atoms in total. The second-order valence-corrected chi connectivity index (χ2v) is 9.30. The maximum atomic E-state index is 16.0. The van der Waals surface area contributed by atoms with Gasteiger partial charge >= 0.3 is 0 Å². The van der Waals surface area contributed by atoms with E-state index in [9.17, 15) is 4.39 Å². The molecule has 0 radical (unpaired) electrons. The number of alkyl halides is 1. The van der Waals surface area contributed by atoms with Gasteiger partial charge in [0.1, 0.15) is 11.5 Å². The van der Waals surface area contributed by atoms with Crippen LogP contribution in [0.25, 0.3) is 16.6 Å². The molecule has 2 unspecified atom stereocenters. The summed E-state index contributed by atoms with van der Waals surface area (Å²) in [4.78, 5) is 9.13. The first-order chi connectivity index (χ1) is 16.9. The molecular weight excluding hydrogens is 450 g/mol. The number of rotatable bonds is 7. The van der Waals surface area contributed by atoms with Gasteiger partial charge in [-0.25, -0.2) is 18.7 Å². The Morgan fingerprint density at radius 3 is 2.80 bits per heavy atom. The third kappa shape index (κ3) is 5.06. The van der Waals surface area contributed by atoms with E-state index in [1.807, 2.05) is 18.2 Å². The molecular formula is C26H30F2N6O. The third-order valence-electron chi connectivity index (χ3n) is 6.81. The van der Waals surface area contributed by atoms with Crippen molar-refractivity contribution in [2.45, 2.75) is 37.0 Å². The molecule has 2 atom stereocenters. The highest BCUT2D eigenvalue weighted by Crippen LogP contribution is 2.37. The molecule has 35 heavy (non-hydrogen) atoms. The zero-order valence-corrected chi connectivity index (χ0v) is 19.5. The van der Waals surface area contributed by atoms with Crippen LogP contribution in [-0.4, -0.2) is 48.0 Å². The maximum Gasteiger partial charge on any atom is 0.223 e. The van der Waals surface area contributed by atoms with E-state index in [1.54, 1.807) is 12.3 Å². The van der Waals surface area contributed by atoms with E-state index in [2.05, 4.69) is 32.5 Å². The highest BCUT2D eigenvalue weighted by Gasteiger charge is 2.43. The quantitative estimate of drug-likeness (QED) is 0.380. The van der Waals surface area contributed by atoms with Crippen molar-refractivity contribution in [3.8, 4) is 0 Å². The Kier molecular flexibility index (Phi) is 6.53. The van der Waals surface area contributed by atoms with Gasteiger partial charge in [-0.05, 0) is 55.1 Å². The number of nitrogen functional groups attached to an aromatic ring is 1. The molecule has 2 aromatic carbocycles. The lowest BCUT2D eigenvalue weighted by Crippen LogP contribution is -2.41. The normalized spacial score (nSPS) is 21.7. The number of fused-ring (bicyclic) bond motifs is 1. The molecule has 3 aromatic rings. The van der Waals surface area contributed by atoms with Crippen molar-refractivity contribution in [3.05, 3.63) is 66.1 Å². The number of hydrogen-bond acceptors (Lipinski definition) is 7. The van der Waals surface area contributed by atoms with Crippen molar-refractivity contribution in [3.63, 3.8) is 0 Å². The van der Waals surface area contributed by atoms with Crippen LogP contribution in [0.3, 0.4) is 0 Å². The average molecular weight is 481 g/mol. The van der Waals surface area contributed by atoms with Crippen LogP contribution in [0.1, 0.15) is 36.4 Å². The lowest BCUT2D eigenvalue weighted by atomic mass is 9.88. The predicted octanol–water partition coefficient (Wildman–Crippen LogP) is 3.95. The fourth-order valence-electron chi connectivity index (χ4n) is 4.74. The Morgan fingerprint density at radius 1 is 1.23 bits per heavy atom. The van der Waals surface area contributed by atoms with Crippen LogP contribution in [-0.2, 0) is 4.74 Å².